The number of aromatic nitrogens is 2. The first kappa shape index (κ1) is 18.5. The first-order chi connectivity index (χ1) is 13.6. The second kappa shape index (κ2) is 8.02. The Bertz CT molecular complexity index is 967. The van der Waals surface area contributed by atoms with Gasteiger partial charge in [-0.3, -0.25) is 0 Å². The average molecular weight is 378 g/mol. The number of benzene rings is 2. The summed E-state index contributed by atoms with van der Waals surface area (Å²) in [6.07, 6.45) is 0.605. The van der Waals surface area contributed by atoms with Gasteiger partial charge in [0.05, 0.1) is 24.2 Å². The Morgan fingerprint density at radius 1 is 1.25 bits per heavy atom. The van der Waals surface area contributed by atoms with Crippen molar-refractivity contribution in [3.05, 3.63) is 65.0 Å². The van der Waals surface area contributed by atoms with Gasteiger partial charge in [-0.1, -0.05) is 36.4 Å². The summed E-state index contributed by atoms with van der Waals surface area (Å²) in [5.41, 5.74) is 5.60. The van der Waals surface area contributed by atoms with Crippen molar-refractivity contribution in [3.8, 4) is 0 Å². The molecular weight excluding hydrogens is 352 g/mol. The molecule has 0 aliphatic carbocycles. The average Bonchev–Trinajstić information content (AvgIpc) is 3.15. The summed E-state index contributed by atoms with van der Waals surface area (Å²) < 4.78 is 5.84. The Balaban J connectivity index is 1.32. The number of rotatable bonds is 4. The molecule has 0 saturated carbocycles. The van der Waals surface area contributed by atoms with Gasteiger partial charge >= 0.3 is 6.03 Å². The summed E-state index contributed by atoms with van der Waals surface area (Å²) in [4.78, 5) is 22.4. The molecule has 1 aliphatic heterocycles. The SMILES string of the molecule is Cc1ccc2[nH]c(CCNC(=O)N3CCO[C@@H](c4ccccc4)C3)nc2c1C. The number of H-pyrrole nitrogens is 1. The number of urea groups is 1. The molecule has 2 N–H and O–H groups in total. The summed E-state index contributed by atoms with van der Waals surface area (Å²) in [6.45, 7) is 6.45. The zero-order valence-corrected chi connectivity index (χ0v) is 16.4. The molecule has 1 aromatic heterocycles. The van der Waals surface area contributed by atoms with Gasteiger partial charge in [0.1, 0.15) is 11.9 Å². The Morgan fingerprint density at radius 3 is 2.89 bits per heavy atom. The van der Waals surface area contributed by atoms with Gasteiger partial charge in [0, 0.05) is 19.5 Å². The van der Waals surface area contributed by atoms with Gasteiger partial charge in [-0.2, -0.15) is 0 Å². The maximum absolute atomic E-state index is 12.6. The smallest absolute Gasteiger partial charge is 0.317 e. The number of hydrogen-bond donors (Lipinski definition) is 2. The summed E-state index contributed by atoms with van der Waals surface area (Å²) in [5, 5.41) is 3.01. The third kappa shape index (κ3) is 3.87. The van der Waals surface area contributed by atoms with E-state index < -0.39 is 0 Å². The van der Waals surface area contributed by atoms with Crippen LogP contribution < -0.4 is 5.32 Å². The fourth-order valence-corrected chi connectivity index (χ4v) is 3.59. The molecule has 2 amide bonds. The number of aromatic amines is 1. The van der Waals surface area contributed by atoms with Crippen LogP contribution in [-0.4, -0.2) is 47.1 Å². The number of nitrogens with zero attached hydrogens (tertiary/aromatic N) is 2. The highest BCUT2D eigenvalue weighted by Gasteiger charge is 2.25. The highest BCUT2D eigenvalue weighted by molar-refractivity contribution is 5.80. The third-order valence-corrected chi connectivity index (χ3v) is 5.39. The highest BCUT2D eigenvalue weighted by atomic mass is 16.5. The van der Waals surface area contributed by atoms with Crippen molar-refractivity contribution >= 4 is 17.1 Å². The van der Waals surface area contributed by atoms with Crippen molar-refractivity contribution in [2.24, 2.45) is 0 Å². The number of hydrogen-bond acceptors (Lipinski definition) is 3. The Morgan fingerprint density at radius 2 is 2.07 bits per heavy atom. The van der Waals surface area contributed by atoms with Crippen LogP contribution in [0.5, 0.6) is 0 Å². The highest BCUT2D eigenvalue weighted by Crippen LogP contribution is 2.22. The largest absolute Gasteiger partial charge is 0.370 e. The summed E-state index contributed by atoms with van der Waals surface area (Å²) >= 11 is 0. The second-order valence-corrected chi connectivity index (χ2v) is 7.29. The van der Waals surface area contributed by atoms with E-state index in [1.807, 2.05) is 35.2 Å². The fraction of sp³-hybridized carbons (Fsp3) is 0.364. The van der Waals surface area contributed by atoms with Crippen LogP contribution in [0.15, 0.2) is 42.5 Å². The number of imidazole rings is 1. The summed E-state index contributed by atoms with van der Waals surface area (Å²) in [5.74, 6) is 0.896. The van der Waals surface area contributed by atoms with E-state index in [1.54, 1.807) is 0 Å². The lowest BCUT2D eigenvalue weighted by Crippen LogP contribution is -2.47. The zero-order chi connectivity index (χ0) is 19.5. The number of ether oxygens (including phenoxy) is 1. The molecule has 146 valence electrons. The normalized spacial score (nSPS) is 17.1. The van der Waals surface area contributed by atoms with E-state index in [4.69, 9.17) is 9.72 Å². The molecule has 3 aromatic rings. The number of aryl methyl sites for hydroxylation is 2. The van der Waals surface area contributed by atoms with Crippen molar-refractivity contribution < 1.29 is 9.53 Å². The van der Waals surface area contributed by atoms with Gasteiger partial charge < -0.3 is 19.9 Å². The molecule has 0 radical (unpaired) electrons. The van der Waals surface area contributed by atoms with E-state index in [0.29, 0.717) is 32.7 Å². The van der Waals surface area contributed by atoms with Crippen LogP contribution in [0.2, 0.25) is 0 Å². The van der Waals surface area contributed by atoms with Crippen LogP contribution in [0.3, 0.4) is 0 Å². The minimum atomic E-state index is -0.0673. The van der Waals surface area contributed by atoms with Crippen molar-refractivity contribution in [1.82, 2.24) is 20.2 Å². The number of morpholine rings is 1. The lowest BCUT2D eigenvalue weighted by Gasteiger charge is -2.33. The Labute approximate surface area is 164 Å². The van der Waals surface area contributed by atoms with Crippen LogP contribution in [-0.2, 0) is 11.2 Å². The predicted octanol–water partition coefficient (Wildman–Crippen LogP) is 3.51. The van der Waals surface area contributed by atoms with Crippen LogP contribution in [0, 0.1) is 13.8 Å². The standard InChI is InChI=1S/C22H26N4O2/c1-15-8-9-18-21(16(15)2)25-20(24-18)10-11-23-22(27)26-12-13-28-19(14-26)17-6-4-3-5-7-17/h3-9,19H,10-14H2,1-2H3,(H,23,27)(H,24,25)/t19-/m1/s1. The molecule has 0 spiro atoms. The first-order valence-electron chi connectivity index (χ1n) is 9.76. The molecule has 1 aliphatic rings. The van der Waals surface area contributed by atoms with Gasteiger partial charge in [-0.15, -0.1) is 0 Å². The van der Waals surface area contributed by atoms with Crippen LogP contribution in [0.1, 0.15) is 28.6 Å². The van der Waals surface area contributed by atoms with Crippen LogP contribution in [0.25, 0.3) is 11.0 Å². The minimum Gasteiger partial charge on any atom is -0.370 e. The van der Waals surface area contributed by atoms with Crippen molar-refractivity contribution in [3.63, 3.8) is 0 Å². The minimum absolute atomic E-state index is 0.0487. The number of amides is 2. The molecule has 6 heteroatoms. The topological polar surface area (TPSA) is 70.2 Å². The van der Waals surface area contributed by atoms with E-state index in [0.717, 1.165) is 22.4 Å². The molecule has 0 bridgehead atoms. The Hall–Kier alpha value is -2.86. The lowest BCUT2D eigenvalue weighted by molar-refractivity contribution is -0.0154. The van der Waals surface area contributed by atoms with Gasteiger partial charge in [-0.25, -0.2) is 9.78 Å². The number of carbonyl (C=O) groups is 1. The van der Waals surface area contributed by atoms with Crippen molar-refractivity contribution in [2.75, 3.05) is 26.2 Å². The molecule has 4 rings (SSSR count). The van der Waals surface area contributed by atoms with Gasteiger partial charge in [0.15, 0.2) is 0 Å². The lowest BCUT2D eigenvalue weighted by atomic mass is 10.1. The van der Waals surface area contributed by atoms with Gasteiger partial charge in [0.25, 0.3) is 0 Å². The number of carbonyl (C=O) groups excluding carboxylic acids is 1. The molecule has 6 nitrogen and oxygen atoms in total. The zero-order valence-electron chi connectivity index (χ0n) is 16.4. The maximum atomic E-state index is 12.6. The monoisotopic (exact) mass is 378 g/mol. The molecule has 1 fully saturated rings. The predicted molar refractivity (Wildman–Crippen MR) is 109 cm³/mol. The Kier molecular flexibility index (Phi) is 5.30. The molecule has 1 saturated heterocycles. The van der Waals surface area contributed by atoms with Gasteiger partial charge in [0.2, 0.25) is 0 Å². The van der Waals surface area contributed by atoms with Crippen LogP contribution in [0.4, 0.5) is 4.79 Å². The summed E-state index contributed by atoms with van der Waals surface area (Å²) in [6, 6.07) is 14.2. The molecule has 2 heterocycles. The molecule has 0 unspecified atom stereocenters. The van der Waals surface area contributed by atoms with E-state index in [1.165, 1.54) is 11.1 Å². The van der Waals surface area contributed by atoms with Gasteiger partial charge in [-0.05, 0) is 36.6 Å². The van der Waals surface area contributed by atoms with Crippen molar-refractivity contribution in [1.29, 1.82) is 0 Å². The quantitative estimate of drug-likeness (QED) is 0.730. The second-order valence-electron chi connectivity index (χ2n) is 7.29. The van der Waals surface area contributed by atoms with E-state index in [2.05, 4.69) is 36.3 Å². The molecular formula is C22H26N4O2. The molecule has 2 aromatic carbocycles. The maximum Gasteiger partial charge on any atom is 0.317 e. The van der Waals surface area contributed by atoms with E-state index >= 15 is 0 Å². The van der Waals surface area contributed by atoms with Crippen molar-refractivity contribution in [2.45, 2.75) is 26.4 Å². The molecule has 1 atom stereocenters. The third-order valence-electron chi connectivity index (χ3n) is 5.39. The summed E-state index contributed by atoms with van der Waals surface area (Å²) in [7, 11) is 0. The van der Waals surface area contributed by atoms with E-state index in [9.17, 15) is 4.79 Å². The number of nitrogens with one attached hydrogen (secondary N) is 2. The first-order valence-corrected chi connectivity index (χ1v) is 9.76. The van der Waals surface area contributed by atoms with Crippen LogP contribution >= 0.6 is 0 Å². The fourth-order valence-electron chi connectivity index (χ4n) is 3.59. The van der Waals surface area contributed by atoms with E-state index in [-0.39, 0.29) is 12.1 Å². The number of fused-ring (bicyclic) bond motifs is 1. The molecule has 28 heavy (non-hydrogen) atoms.